The van der Waals surface area contributed by atoms with E-state index in [-0.39, 0.29) is 0 Å². The van der Waals surface area contributed by atoms with Crippen molar-refractivity contribution >= 4 is 0 Å². The number of piperidine rings is 1. The molecule has 1 aliphatic heterocycles. The van der Waals surface area contributed by atoms with Gasteiger partial charge < -0.3 is 18.9 Å². The van der Waals surface area contributed by atoms with Gasteiger partial charge in [-0.25, -0.2) is 0 Å². The summed E-state index contributed by atoms with van der Waals surface area (Å²) in [7, 11) is 1.68. The fraction of sp³-hybridized carbons (Fsp3) is 0.278. The first-order valence-electron chi connectivity index (χ1n) is 14.2. The van der Waals surface area contributed by atoms with Crippen molar-refractivity contribution in [2.45, 2.75) is 50.7 Å². The number of rotatable bonds is 13. The SMILES string of the molecule is C=CC1(OCc2ccccc2)CCC(OCc2ccccc2)(OCc2ccccc2)CN1Cc1ccc(OC)cc1. The Bertz CT molecular complexity index is 1300. The van der Waals surface area contributed by atoms with Crippen LogP contribution in [0.4, 0.5) is 0 Å². The Labute approximate surface area is 244 Å². The Balaban J connectivity index is 1.43. The quantitative estimate of drug-likeness (QED) is 0.127. The van der Waals surface area contributed by atoms with E-state index < -0.39 is 11.5 Å². The minimum absolute atomic E-state index is 0.456. The van der Waals surface area contributed by atoms with Crippen LogP contribution in [-0.4, -0.2) is 30.1 Å². The number of hydrogen-bond donors (Lipinski definition) is 0. The van der Waals surface area contributed by atoms with Crippen LogP contribution < -0.4 is 4.74 Å². The third kappa shape index (κ3) is 7.51. The van der Waals surface area contributed by atoms with Gasteiger partial charge in [-0.15, -0.1) is 0 Å². The maximum Gasteiger partial charge on any atom is 0.182 e. The number of nitrogens with zero attached hydrogens (tertiary/aromatic N) is 1. The van der Waals surface area contributed by atoms with E-state index in [1.165, 1.54) is 0 Å². The summed E-state index contributed by atoms with van der Waals surface area (Å²) in [6.45, 7) is 6.80. The Hall–Kier alpha value is -3.74. The highest BCUT2D eigenvalue weighted by Crippen LogP contribution is 2.40. The van der Waals surface area contributed by atoms with Gasteiger partial charge in [-0.05, 0) is 46.9 Å². The van der Waals surface area contributed by atoms with Gasteiger partial charge in [0.05, 0.1) is 33.5 Å². The zero-order valence-corrected chi connectivity index (χ0v) is 23.8. The lowest BCUT2D eigenvalue weighted by Crippen LogP contribution is -2.61. The van der Waals surface area contributed by atoms with E-state index in [4.69, 9.17) is 18.9 Å². The third-order valence-corrected chi connectivity index (χ3v) is 7.70. The third-order valence-electron chi connectivity index (χ3n) is 7.70. The summed E-state index contributed by atoms with van der Waals surface area (Å²) < 4.78 is 25.5. The number of ether oxygens (including phenoxy) is 4. The zero-order chi connectivity index (χ0) is 28.4. The normalized spacial score (nSPS) is 18.6. The van der Waals surface area contributed by atoms with Crippen LogP contribution in [0.25, 0.3) is 0 Å². The van der Waals surface area contributed by atoms with Gasteiger partial charge >= 0.3 is 0 Å². The van der Waals surface area contributed by atoms with Crippen LogP contribution in [-0.2, 0) is 40.6 Å². The Kier molecular flexibility index (Phi) is 9.65. The van der Waals surface area contributed by atoms with E-state index in [9.17, 15) is 0 Å². The van der Waals surface area contributed by atoms with Crippen molar-refractivity contribution in [2.24, 2.45) is 0 Å². The maximum absolute atomic E-state index is 6.73. The highest BCUT2D eigenvalue weighted by atomic mass is 16.7. The average Bonchev–Trinajstić information content (AvgIpc) is 3.05. The molecule has 0 aromatic heterocycles. The molecule has 0 N–H and O–H groups in total. The monoisotopic (exact) mass is 549 g/mol. The molecule has 5 rings (SSSR count). The lowest BCUT2D eigenvalue weighted by atomic mass is 9.92. The van der Waals surface area contributed by atoms with E-state index in [0.717, 1.165) is 28.0 Å². The van der Waals surface area contributed by atoms with Crippen LogP contribution in [0.2, 0.25) is 0 Å². The van der Waals surface area contributed by atoms with Gasteiger partial charge in [0.1, 0.15) is 11.5 Å². The van der Waals surface area contributed by atoms with Crippen LogP contribution in [0.5, 0.6) is 5.75 Å². The van der Waals surface area contributed by atoms with Crippen LogP contribution in [0, 0.1) is 0 Å². The maximum atomic E-state index is 6.73. The van der Waals surface area contributed by atoms with Crippen LogP contribution >= 0.6 is 0 Å². The Morgan fingerprint density at radius 1 is 0.634 bits per heavy atom. The minimum atomic E-state index is -0.833. The van der Waals surface area contributed by atoms with Crippen molar-refractivity contribution in [3.05, 3.63) is 150 Å². The molecule has 1 heterocycles. The molecule has 0 aliphatic carbocycles. The molecule has 0 amide bonds. The number of methoxy groups -OCH3 is 1. The summed E-state index contributed by atoms with van der Waals surface area (Å²) >= 11 is 0. The molecule has 4 aromatic rings. The molecule has 5 nitrogen and oxygen atoms in total. The lowest BCUT2D eigenvalue weighted by molar-refractivity contribution is -0.306. The highest BCUT2D eigenvalue weighted by molar-refractivity contribution is 5.27. The predicted molar refractivity (Wildman–Crippen MR) is 162 cm³/mol. The fourth-order valence-electron chi connectivity index (χ4n) is 5.26. The standard InChI is InChI=1S/C36H39NO4/c1-3-35(39-26-31-13-7-4-8-14-31)23-24-36(40-27-32-15-9-5-10-16-32,41-28-33-17-11-6-12-18-33)29-37(35)25-30-19-21-34(38-2)22-20-30/h3-22H,1,23-29H2,2H3. The second-order valence-corrected chi connectivity index (χ2v) is 10.5. The van der Waals surface area contributed by atoms with Crippen molar-refractivity contribution in [1.82, 2.24) is 4.90 Å². The van der Waals surface area contributed by atoms with Gasteiger partial charge in [0.2, 0.25) is 0 Å². The van der Waals surface area contributed by atoms with Crippen molar-refractivity contribution in [3.8, 4) is 5.75 Å². The van der Waals surface area contributed by atoms with Crippen LogP contribution in [0.3, 0.4) is 0 Å². The first-order valence-corrected chi connectivity index (χ1v) is 14.2. The highest BCUT2D eigenvalue weighted by Gasteiger charge is 2.49. The number of benzene rings is 4. The summed E-state index contributed by atoms with van der Waals surface area (Å²) in [6.07, 6.45) is 3.27. The van der Waals surface area contributed by atoms with Gasteiger partial charge in [-0.1, -0.05) is 110 Å². The topological polar surface area (TPSA) is 40.2 Å². The summed E-state index contributed by atoms with van der Waals surface area (Å²) in [5, 5.41) is 0. The van der Waals surface area contributed by atoms with E-state index in [2.05, 4.69) is 60.0 Å². The van der Waals surface area contributed by atoms with Crippen LogP contribution in [0.1, 0.15) is 35.1 Å². The molecule has 0 spiro atoms. The molecule has 1 atom stereocenters. The molecule has 1 aliphatic rings. The Morgan fingerprint density at radius 3 is 1.59 bits per heavy atom. The van der Waals surface area contributed by atoms with Crippen molar-refractivity contribution < 1.29 is 18.9 Å². The lowest BCUT2D eigenvalue weighted by Gasteiger charge is -2.51. The van der Waals surface area contributed by atoms with E-state index >= 15 is 0 Å². The molecule has 1 unspecified atom stereocenters. The first kappa shape index (κ1) is 28.8. The summed E-state index contributed by atoms with van der Waals surface area (Å²) in [5.74, 6) is -0.00438. The molecular weight excluding hydrogens is 510 g/mol. The second-order valence-electron chi connectivity index (χ2n) is 10.5. The van der Waals surface area contributed by atoms with Crippen molar-refractivity contribution in [1.29, 1.82) is 0 Å². The van der Waals surface area contributed by atoms with E-state index in [1.54, 1.807) is 7.11 Å². The van der Waals surface area contributed by atoms with E-state index in [0.29, 0.717) is 45.8 Å². The molecule has 4 aromatic carbocycles. The van der Waals surface area contributed by atoms with E-state index in [1.807, 2.05) is 72.8 Å². The summed E-state index contributed by atoms with van der Waals surface area (Å²) in [5.41, 5.74) is 3.79. The van der Waals surface area contributed by atoms with Gasteiger partial charge in [0.15, 0.2) is 5.79 Å². The van der Waals surface area contributed by atoms with Gasteiger partial charge in [-0.2, -0.15) is 0 Å². The fourth-order valence-corrected chi connectivity index (χ4v) is 5.26. The molecule has 41 heavy (non-hydrogen) atoms. The van der Waals surface area contributed by atoms with Gasteiger partial charge in [-0.3, -0.25) is 4.90 Å². The molecule has 5 heteroatoms. The summed E-state index contributed by atoms with van der Waals surface area (Å²) in [6, 6.07) is 38.9. The molecule has 0 radical (unpaired) electrons. The number of likely N-dealkylation sites (tertiary alicyclic amines) is 1. The van der Waals surface area contributed by atoms with Gasteiger partial charge in [0, 0.05) is 13.0 Å². The number of hydrogen-bond acceptors (Lipinski definition) is 5. The molecule has 1 fully saturated rings. The van der Waals surface area contributed by atoms with Crippen molar-refractivity contribution in [3.63, 3.8) is 0 Å². The average molecular weight is 550 g/mol. The largest absolute Gasteiger partial charge is 0.497 e. The molecule has 0 saturated carbocycles. The molecule has 1 saturated heterocycles. The van der Waals surface area contributed by atoms with Crippen molar-refractivity contribution in [2.75, 3.05) is 13.7 Å². The summed E-state index contributed by atoms with van der Waals surface area (Å²) in [4.78, 5) is 2.31. The first-order chi connectivity index (χ1) is 20.1. The second kappa shape index (κ2) is 13.7. The smallest absolute Gasteiger partial charge is 0.182 e. The minimum Gasteiger partial charge on any atom is -0.497 e. The predicted octanol–water partition coefficient (Wildman–Crippen LogP) is 7.52. The molecular formula is C36H39NO4. The zero-order valence-electron chi connectivity index (χ0n) is 23.8. The van der Waals surface area contributed by atoms with Crippen LogP contribution in [0.15, 0.2) is 128 Å². The molecule has 212 valence electrons. The molecule has 0 bridgehead atoms. The van der Waals surface area contributed by atoms with Gasteiger partial charge in [0.25, 0.3) is 0 Å². The Morgan fingerprint density at radius 2 is 1.12 bits per heavy atom.